The fraction of sp³-hybridized carbons (Fsp3) is 0.947. The Labute approximate surface area is 153 Å². The van der Waals surface area contributed by atoms with Gasteiger partial charge < -0.3 is 24.8 Å². The van der Waals surface area contributed by atoms with Crippen LogP contribution in [0.5, 0.6) is 0 Å². The molecule has 25 heavy (non-hydrogen) atoms. The zero-order chi connectivity index (χ0) is 18.1. The van der Waals surface area contributed by atoms with Crippen LogP contribution in [0.2, 0.25) is 0 Å². The van der Waals surface area contributed by atoms with E-state index in [-0.39, 0.29) is 24.2 Å². The molecular weight excluding hydrogens is 318 g/mol. The minimum Gasteiger partial charge on any atom is -0.396 e. The summed E-state index contributed by atoms with van der Waals surface area (Å²) in [7, 11) is 0. The molecule has 0 bridgehead atoms. The van der Waals surface area contributed by atoms with Crippen LogP contribution in [-0.4, -0.2) is 74.2 Å². The fourth-order valence-electron chi connectivity index (χ4n) is 3.80. The molecule has 0 radical (unpaired) electrons. The first-order chi connectivity index (χ1) is 12.2. The van der Waals surface area contributed by atoms with Crippen LogP contribution in [0.3, 0.4) is 0 Å². The van der Waals surface area contributed by atoms with E-state index in [4.69, 9.17) is 14.5 Å². The van der Waals surface area contributed by atoms with E-state index < -0.39 is 0 Å². The average molecular weight is 356 g/mol. The summed E-state index contributed by atoms with van der Waals surface area (Å²) in [6.45, 7) is 11.6. The van der Waals surface area contributed by atoms with Crippen LogP contribution in [-0.2, 0) is 9.47 Å². The van der Waals surface area contributed by atoms with Crippen LogP contribution in [0.1, 0.15) is 52.9 Å². The topological polar surface area (TPSA) is 66.3 Å². The standard InChI is InChI=1S/C19H37N3O3/c1-4-19(5-2,9-11-23)15-21-18(20-6-3)22-10-13-25-17(14-22)16-8-7-12-24-16/h16-17,23H,4-15H2,1-3H3,(H,20,21). The van der Waals surface area contributed by atoms with Gasteiger partial charge in [-0.3, -0.25) is 4.99 Å². The van der Waals surface area contributed by atoms with E-state index in [0.717, 1.165) is 77.5 Å². The second kappa shape index (κ2) is 10.3. The molecule has 2 aliphatic rings. The molecule has 0 aromatic carbocycles. The van der Waals surface area contributed by atoms with E-state index in [1.54, 1.807) is 0 Å². The van der Waals surface area contributed by atoms with Crippen molar-refractivity contribution in [3.8, 4) is 0 Å². The van der Waals surface area contributed by atoms with E-state index in [2.05, 4.69) is 31.0 Å². The van der Waals surface area contributed by atoms with E-state index in [1.807, 2.05) is 0 Å². The number of aliphatic hydroxyl groups excluding tert-OH is 1. The highest BCUT2D eigenvalue weighted by Crippen LogP contribution is 2.31. The third-order valence-corrected chi connectivity index (χ3v) is 5.81. The lowest BCUT2D eigenvalue weighted by atomic mass is 9.79. The van der Waals surface area contributed by atoms with Gasteiger partial charge in [0.1, 0.15) is 6.10 Å². The predicted octanol–water partition coefficient (Wildman–Crippen LogP) is 2.02. The molecule has 2 fully saturated rings. The van der Waals surface area contributed by atoms with Crippen LogP contribution < -0.4 is 5.32 Å². The molecule has 0 aromatic rings. The molecule has 0 amide bonds. The monoisotopic (exact) mass is 355 g/mol. The Hall–Kier alpha value is -0.850. The maximum Gasteiger partial charge on any atom is 0.194 e. The second-order valence-electron chi connectivity index (χ2n) is 7.26. The molecular formula is C19H37N3O3. The molecule has 2 rings (SSSR count). The van der Waals surface area contributed by atoms with Gasteiger partial charge in [0.15, 0.2) is 5.96 Å². The summed E-state index contributed by atoms with van der Waals surface area (Å²) in [4.78, 5) is 7.27. The maximum atomic E-state index is 9.43. The quantitative estimate of drug-likeness (QED) is 0.515. The van der Waals surface area contributed by atoms with E-state index in [9.17, 15) is 5.11 Å². The lowest BCUT2D eigenvalue weighted by Crippen LogP contribution is -2.53. The zero-order valence-corrected chi connectivity index (χ0v) is 16.3. The zero-order valence-electron chi connectivity index (χ0n) is 16.3. The van der Waals surface area contributed by atoms with Crippen LogP contribution in [0, 0.1) is 5.41 Å². The van der Waals surface area contributed by atoms with Gasteiger partial charge in [-0.1, -0.05) is 13.8 Å². The first kappa shape index (κ1) is 20.5. The lowest BCUT2D eigenvalue weighted by molar-refractivity contribution is -0.0817. The summed E-state index contributed by atoms with van der Waals surface area (Å²) in [5.74, 6) is 0.970. The summed E-state index contributed by atoms with van der Waals surface area (Å²) in [5, 5.41) is 12.9. The third kappa shape index (κ3) is 5.56. The molecule has 0 spiro atoms. The number of hydrogen-bond donors (Lipinski definition) is 2. The average Bonchev–Trinajstić information content (AvgIpc) is 3.19. The maximum absolute atomic E-state index is 9.43. The highest BCUT2D eigenvalue weighted by atomic mass is 16.5. The van der Waals surface area contributed by atoms with Crippen LogP contribution in [0.25, 0.3) is 0 Å². The number of morpholine rings is 1. The molecule has 2 unspecified atom stereocenters. The molecule has 6 heteroatoms. The Balaban J connectivity index is 2.04. The van der Waals surface area contributed by atoms with Gasteiger partial charge in [0, 0.05) is 39.4 Å². The normalized spacial score (nSPS) is 25.4. The van der Waals surface area contributed by atoms with Gasteiger partial charge in [-0.05, 0) is 44.4 Å². The van der Waals surface area contributed by atoms with Crippen molar-refractivity contribution in [3.05, 3.63) is 0 Å². The molecule has 0 saturated carbocycles. The highest BCUT2D eigenvalue weighted by Gasteiger charge is 2.32. The molecule has 2 aliphatic heterocycles. The smallest absolute Gasteiger partial charge is 0.194 e. The minimum atomic E-state index is 0.0929. The van der Waals surface area contributed by atoms with Crippen LogP contribution in [0.15, 0.2) is 4.99 Å². The van der Waals surface area contributed by atoms with Gasteiger partial charge in [-0.25, -0.2) is 0 Å². The Bertz CT molecular complexity index is 407. The van der Waals surface area contributed by atoms with E-state index >= 15 is 0 Å². The van der Waals surface area contributed by atoms with E-state index in [1.165, 1.54) is 0 Å². The molecule has 0 aromatic heterocycles. The predicted molar refractivity (Wildman–Crippen MR) is 101 cm³/mol. The van der Waals surface area contributed by atoms with Crippen molar-refractivity contribution in [2.45, 2.75) is 65.1 Å². The van der Waals surface area contributed by atoms with Crippen molar-refractivity contribution in [1.82, 2.24) is 10.2 Å². The Morgan fingerprint density at radius 1 is 1.20 bits per heavy atom. The Kier molecular flexibility index (Phi) is 8.46. The van der Waals surface area contributed by atoms with Crippen molar-refractivity contribution in [2.75, 3.05) is 46.0 Å². The molecule has 2 atom stereocenters. The van der Waals surface area contributed by atoms with Gasteiger partial charge in [0.25, 0.3) is 0 Å². The highest BCUT2D eigenvalue weighted by molar-refractivity contribution is 5.80. The number of aliphatic imine (C=N–C) groups is 1. The number of guanidine groups is 1. The number of nitrogens with zero attached hydrogens (tertiary/aromatic N) is 2. The summed E-state index contributed by atoms with van der Waals surface area (Å²) in [5.41, 5.74) is 0.0929. The largest absolute Gasteiger partial charge is 0.396 e. The first-order valence-electron chi connectivity index (χ1n) is 10.0. The minimum absolute atomic E-state index is 0.0929. The SMILES string of the molecule is CCNC(=NCC(CC)(CC)CCO)N1CCOC(C2CCCO2)C1. The molecule has 146 valence electrons. The Morgan fingerprint density at radius 2 is 1.96 bits per heavy atom. The number of nitrogens with one attached hydrogen (secondary N) is 1. The van der Waals surface area contributed by atoms with Crippen molar-refractivity contribution >= 4 is 5.96 Å². The van der Waals surface area contributed by atoms with E-state index in [0.29, 0.717) is 0 Å². The summed E-state index contributed by atoms with van der Waals surface area (Å²) < 4.78 is 11.8. The molecule has 0 aliphatic carbocycles. The van der Waals surface area contributed by atoms with Crippen LogP contribution >= 0.6 is 0 Å². The molecule has 2 heterocycles. The third-order valence-electron chi connectivity index (χ3n) is 5.81. The molecule has 2 saturated heterocycles. The van der Waals surface area contributed by atoms with Crippen molar-refractivity contribution in [1.29, 1.82) is 0 Å². The van der Waals surface area contributed by atoms with Gasteiger partial charge in [-0.15, -0.1) is 0 Å². The molecule has 2 N–H and O–H groups in total. The van der Waals surface area contributed by atoms with Crippen molar-refractivity contribution in [2.24, 2.45) is 10.4 Å². The number of aliphatic hydroxyl groups is 1. The summed E-state index contributed by atoms with van der Waals surface area (Å²) in [6.07, 6.45) is 5.48. The van der Waals surface area contributed by atoms with Crippen LogP contribution in [0.4, 0.5) is 0 Å². The fourth-order valence-corrected chi connectivity index (χ4v) is 3.80. The summed E-state index contributed by atoms with van der Waals surface area (Å²) in [6, 6.07) is 0. The van der Waals surface area contributed by atoms with Gasteiger partial charge >= 0.3 is 0 Å². The Morgan fingerprint density at radius 3 is 2.56 bits per heavy atom. The van der Waals surface area contributed by atoms with Crippen molar-refractivity contribution in [3.63, 3.8) is 0 Å². The first-order valence-corrected chi connectivity index (χ1v) is 10.0. The molecule has 6 nitrogen and oxygen atoms in total. The number of hydrogen-bond acceptors (Lipinski definition) is 4. The number of rotatable bonds is 8. The second-order valence-corrected chi connectivity index (χ2v) is 7.26. The summed E-state index contributed by atoms with van der Waals surface area (Å²) >= 11 is 0. The van der Waals surface area contributed by atoms with Crippen molar-refractivity contribution < 1.29 is 14.6 Å². The van der Waals surface area contributed by atoms with Gasteiger partial charge in [0.05, 0.1) is 12.7 Å². The number of ether oxygens (including phenoxy) is 2. The van der Waals surface area contributed by atoms with Gasteiger partial charge in [-0.2, -0.15) is 0 Å². The lowest BCUT2D eigenvalue weighted by Gasteiger charge is -2.38. The van der Waals surface area contributed by atoms with Gasteiger partial charge in [0.2, 0.25) is 0 Å².